The second-order valence-electron chi connectivity index (χ2n) is 5.00. The fourth-order valence-electron chi connectivity index (χ4n) is 2.34. The van der Waals surface area contributed by atoms with Gasteiger partial charge in [0.25, 0.3) is 0 Å². The number of nitrogens with two attached hydrogens (primary N) is 1. The van der Waals surface area contributed by atoms with Gasteiger partial charge in [0.05, 0.1) is 0 Å². The number of carbonyl (C=O) groups is 1. The molecule has 1 fully saturated rings. The van der Waals surface area contributed by atoms with Crippen molar-refractivity contribution in [3.05, 3.63) is 6.07 Å². The van der Waals surface area contributed by atoms with Crippen LogP contribution in [0.4, 0.5) is 17.6 Å². The molecule has 1 aliphatic rings. The summed E-state index contributed by atoms with van der Waals surface area (Å²) in [5.74, 6) is 1.46. The Morgan fingerprint density at radius 3 is 2.60 bits per heavy atom. The molecule has 0 aliphatic carbocycles. The summed E-state index contributed by atoms with van der Waals surface area (Å²) in [4.78, 5) is 22.3. The monoisotopic (exact) mass is 278 g/mol. The Bertz CT molecular complexity index is 472. The average Bonchev–Trinajstić information content (AvgIpc) is 2.46. The first-order valence-corrected chi connectivity index (χ1v) is 6.98. The number of carbonyl (C=O) groups excluding carboxylic acids is 1. The fraction of sp³-hybridized carbons (Fsp3) is 0.615. The van der Waals surface area contributed by atoms with E-state index in [2.05, 4.69) is 20.6 Å². The third-order valence-electron chi connectivity index (χ3n) is 3.40. The molecule has 0 saturated carbocycles. The van der Waals surface area contributed by atoms with Gasteiger partial charge in [0, 0.05) is 26.2 Å². The minimum absolute atomic E-state index is 0.105. The van der Waals surface area contributed by atoms with Crippen LogP contribution in [0.25, 0.3) is 0 Å². The molecule has 7 nitrogen and oxygen atoms in total. The van der Waals surface area contributed by atoms with Gasteiger partial charge in [0.1, 0.15) is 17.7 Å². The van der Waals surface area contributed by atoms with Gasteiger partial charge in [-0.2, -0.15) is 9.97 Å². The molecule has 0 radical (unpaired) electrons. The van der Waals surface area contributed by atoms with Crippen LogP contribution < -0.4 is 16.4 Å². The van der Waals surface area contributed by atoms with E-state index in [1.54, 1.807) is 13.1 Å². The standard InChI is InChI=1S/C13H22N6O/c1-9(12(20)19-6-4-3-5-7-19)16-11-8-10(15-2)17-13(14)18-11/h8-9H,3-7H2,1-2H3,(H4,14,15,16,17,18). The number of piperidine rings is 1. The summed E-state index contributed by atoms with van der Waals surface area (Å²) >= 11 is 0. The number of nitrogens with zero attached hydrogens (tertiary/aromatic N) is 3. The third-order valence-corrected chi connectivity index (χ3v) is 3.40. The predicted octanol–water partition coefficient (Wildman–Crippen LogP) is 0.913. The Morgan fingerprint density at radius 2 is 1.95 bits per heavy atom. The summed E-state index contributed by atoms with van der Waals surface area (Å²) in [5, 5.41) is 6.00. The normalized spacial score (nSPS) is 16.6. The first-order chi connectivity index (χ1) is 9.60. The molecule has 1 aliphatic heterocycles. The number of nitrogens with one attached hydrogen (secondary N) is 2. The number of likely N-dealkylation sites (tertiary alicyclic amines) is 1. The Labute approximate surface area is 119 Å². The number of amides is 1. The summed E-state index contributed by atoms with van der Waals surface area (Å²) in [6.45, 7) is 3.53. The van der Waals surface area contributed by atoms with E-state index in [0.29, 0.717) is 11.6 Å². The lowest BCUT2D eigenvalue weighted by atomic mass is 10.1. The number of anilines is 3. The molecule has 1 aromatic heterocycles. The van der Waals surface area contributed by atoms with Gasteiger partial charge in [-0.05, 0) is 26.2 Å². The molecule has 0 spiro atoms. The van der Waals surface area contributed by atoms with E-state index in [0.717, 1.165) is 25.9 Å². The molecule has 20 heavy (non-hydrogen) atoms. The van der Waals surface area contributed by atoms with Crippen molar-refractivity contribution in [2.75, 3.05) is 36.5 Å². The molecule has 0 bridgehead atoms. The Kier molecular flexibility index (Phi) is 4.60. The van der Waals surface area contributed by atoms with E-state index in [1.165, 1.54) is 6.42 Å². The highest BCUT2D eigenvalue weighted by atomic mass is 16.2. The smallest absolute Gasteiger partial charge is 0.244 e. The van der Waals surface area contributed by atoms with Gasteiger partial charge >= 0.3 is 0 Å². The van der Waals surface area contributed by atoms with Crippen LogP contribution in [0.3, 0.4) is 0 Å². The molecule has 1 atom stereocenters. The summed E-state index contributed by atoms with van der Waals surface area (Å²) in [5.41, 5.74) is 5.63. The number of nitrogen functional groups attached to an aromatic ring is 1. The number of rotatable bonds is 4. The molecule has 1 unspecified atom stereocenters. The van der Waals surface area contributed by atoms with Crippen LogP contribution in [-0.4, -0.2) is 47.0 Å². The molecule has 1 amide bonds. The van der Waals surface area contributed by atoms with Gasteiger partial charge in [-0.3, -0.25) is 4.79 Å². The Morgan fingerprint density at radius 1 is 1.30 bits per heavy atom. The van der Waals surface area contributed by atoms with Gasteiger partial charge in [0.15, 0.2) is 0 Å². The molecule has 1 aromatic rings. The van der Waals surface area contributed by atoms with E-state index in [9.17, 15) is 4.79 Å². The highest BCUT2D eigenvalue weighted by Gasteiger charge is 2.22. The minimum atomic E-state index is -0.327. The fourth-order valence-corrected chi connectivity index (χ4v) is 2.34. The highest BCUT2D eigenvalue weighted by molar-refractivity contribution is 5.84. The van der Waals surface area contributed by atoms with Crippen molar-refractivity contribution >= 4 is 23.5 Å². The van der Waals surface area contributed by atoms with Gasteiger partial charge < -0.3 is 21.3 Å². The van der Waals surface area contributed by atoms with E-state index >= 15 is 0 Å². The second kappa shape index (κ2) is 6.40. The van der Waals surface area contributed by atoms with Gasteiger partial charge in [-0.25, -0.2) is 0 Å². The molecule has 2 heterocycles. The Balaban J connectivity index is 2.01. The predicted molar refractivity (Wildman–Crippen MR) is 79.5 cm³/mol. The lowest BCUT2D eigenvalue weighted by Gasteiger charge is -2.29. The summed E-state index contributed by atoms with van der Waals surface area (Å²) < 4.78 is 0. The van der Waals surface area contributed by atoms with Crippen LogP contribution in [0.2, 0.25) is 0 Å². The van der Waals surface area contributed by atoms with Crippen molar-refractivity contribution < 1.29 is 4.79 Å². The average molecular weight is 278 g/mol. The van der Waals surface area contributed by atoms with E-state index in [1.807, 2.05) is 11.8 Å². The molecule has 2 rings (SSSR count). The van der Waals surface area contributed by atoms with Crippen molar-refractivity contribution in [1.29, 1.82) is 0 Å². The minimum Gasteiger partial charge on any atom is -0.373 e. The molecule has 110 valence electrons. The topological polar surface area (TPSA) is 96.2 Å². The maximum atomic E-state index is 12.3. The summed E-state index contributed by atoms with van der Waals surface area (Å²) in [6, 6.07) is 1.41. The van der Waals surface area contributed by atoms with Crippen molar-refractivity contribution in [3.63, 3.8) is 0 Å². The third kappa shape index (κ3) is 3.49. The van der Waals surface area contributed by atoms with Crippen LogP contribution in [0, 0.1) is 0 Å². The number of hydrogen-bond donors (Lipinski definition) is 3. The Hall–Kier alpha value is -2.05. The number of hydrogen-bond acceptors (Lipinski definition) is 6. The molecule has 0 aromatic carbocycles. The zero-order valence-electron chi connectivity index (χ0n) is 12.0. The van der Waals surface area contributed by atoms with Gasteiger partial charge in [-0.15, -0.1) is 0 Å². The van der Waals surface area contributed by atoms with Crippen molar-refractivity contribution in [3.8, 4) is 0 Å². The molecule has 7 heteroatoms. The van der Waals surface area contributed by atoms with Gasteiger partial charge in [-0.1, -0.05) is 0 Å². The lowest BCUT2D eigenvalue weighted by molar-refractivity contribution is -0.132. The lowest BCUT2D eigenvalue weighted by Crippen LogP contribution is -2.44. The maximum absolute atomic E-state index is 12.3. The van der Waals surface area contributed by atoms with E-state index in [4.69, 9.17) is 5.73 Å². The van der Waals surface area contributed by atoms with E-state index < -0.39 is 0 Å². The summed E-state index contributed by atoms with van der Waals surface area (Å²) in [7, 11) is 1.76. The maximum Gasteiger partial charge on any atom is 0.244 e. The zero-order chi connectivity index (χ0) is 14.5. The SMILES string of the molecule is CNc1cc(NC(C)C(=O)N2CCCCC2)nc(N)n1. The van der Waals surface area contributed by atoms with Crippen LogP contribution in [-0.2, 0) is 4.79 Å². The molecule has 4 N–H and O–H groups in total. The van der Waals surface area contributed by atoms with E-state index in [-0.39, 0.29) is 17.9 Å². The van der Waals surface area contributed by atoms with Crippen LogP contribution >= 0.6 is 0 Å². The quantitative estimate of drug-likeness (QED) is 0.757. The zero-order valence-corrected chi connectivity index (χ0v) is 12.0. The van der Waals surface area contributed by atoms with Crippen LogP contribution in [0.5, 0.6) is 0 Å². The first-order valence-electron chi connectivity index (χ1n) is 6.98. The second-order valence-corrected chi connectivity index (χ2v) is 5.00. The summed E-state index contributed by atoms with van der Waals surface area (Å²) in [6.07, 6.45) is 3.38. The largest absolute Gasteiger partial charge is 0.373 e. The molecule has 1 saturated heterocycles. The van der Waals surface area contributed by atoms with Gasteiger partial charge in [0.2, 0.25) is 11.9 Å². The molecular weight excluding hydrogens is 256 g/mol. The van der Waals surface area contributed by atoms with Crippen molar-refractivity contribution in [1.82, 2.24) is 14.9 Å². The van der Waals surface area contributed by atoms with Crippen LogP contribution in [0.15, 0.2) is 6.07 Å². The van der Waals surface area contributed by atoms with Crippen molar-refractivity contribution in [2.45, 2.75) is 32.2 Å². The highest BCUT2D eigenvalue weighted by Crippen LogP contribution is 2.15. The first kappa shape index (κ1) is 14.4. The number of aromatic nitrogens is 2. The van der Waals surface area contributed by atoms with Crippen molar-refractivity contribution in [2.24, 2.45) is 0 Å². The van der Waals surface area contributed by atoms with Crippen LogP contribution in [0.1, 0.15) is 26.2 Å². The molecular formula is C13H22N6O.